The van der Waals surface area contributed by atoms with E-state index in [0.29, 0.717) is 12.5 Å². The van der Waals surface area contributed by atoms with Crippen LogP contribution in [0.4, 0.5) is 5.69 Å². The summed E-state index contributed by atoms with van der Waals surface area (Å²) in [7, 11) is 1.44. The lowest BCUT2D eigenvalue weighted by Gasteiger charge is -2.31. The molecule has 21 heavy (non-hydrogen) atoms. The van der Waals surface area contributed by atoms with Crippen LogP contribution >= 0.6 is 0 Å². The summed E-state index contributed by atoms with van der Waals surface area (Å²) in [5.74, 6) is 0.546. The zero-order valence-corrected chi connectivity index (χ0v) is 13.5. The van der Waals surface area contributed by atoms with Crippen molar-refractivity contribution in [1.82, 2.24) is 4.90 Å². The van der Waals surface area contributed by atoms with Gasteiger partial charge in [0, 0.05) is 5.69 Å². The molecule has 0 unspecified atom stereocenters. The Balaban J connectivity index is 0.00000106. The van der Waals surface area contributed by atoms with Crippen molar-refractivity contribution in [1.29, 1.82) is 0 Å². The smallest absolute Gasteiger partial charge is 0.319 e. The number of esters is 1. The highest BCUT2D eigenvalue weighted by atomic mass is 16.5. The summed E-state index contributed by atoms with van der Waals surface area (Å²) in [6.07, 6.45) is 3.34. The molecule has 1 fully saturated rings. The number of carbonyl (C=O) groups is 1. The maximum Gasteiger partial charge on any atom is 0.319 e. The third-order valence-corrected chi connectivity index (χ3v) is 3.76. The number of hydrogen-bond acceptors (Lipinski definition) is 4. The van der Waals surface area contributed by atoms with E-state index in [2.05, 4.69) is 17.0 Å². The van der Waals surface area contributed by atoms with E-state index in [0.717, 1.165) is 38.0 Å². The van der Waals surface area contributed by atoms with Gasteiger partial charge in [-0.2, -0.15) is 0 Å². The van der Waals surface area contributed by atoms with Crippen LogP contribution in [0.1, 0.15) is 32.3 Å². The molecular formula is C17H28N2O2. The van der Waals surface area contributed by atoms with Crippen molar-refractivity contribution in [2.24, 2.45) is 5.92 Å². The van der Waals surface area contributed by atoms with Gasteiger partial charge in [-0.3, -0.25) is 9.69 Å². The average Bonchev–Trinajstić information content (AvgIpc) is 2.51. The second-order valence-electron chi connectivity index (χ2n) is 5.24. The average molecular weight is 292 g/mol. The minimum atomic E-state index is -0.144. The molecule has 0 aromatic heterocycles. The van der Waals surface area contributed by atoms with Gasteiger partial charge in [-0.1, -0.05) is 26.0 Å². The molecular weight excluding hydrogens is 264 g/mol. The number of methoxy groups -OCH3 is 1. The highest BCUT2D eigenvalue weighted by molar-refractivity contribution is 5.71. The van der Waals surface area contributed by atoms with Crippen LogP contribution < -0.4 is 5.73 Å². The Kier molecular flexibility index (Phi) is 7.83. The topological polar surface area (TPSA) is 55.6 Å². The van der Waals surface area contributed by atoms with E-state index in [1.165, 1.54) is 12.7 Å². The van der Waals surface area contributed by atoms with Gasteiger partial charge < -0.3 is 10.5 Å². The van der Waals surface area contributed by atoms with E-state index in [4.69, 9.17) is 10.5 Å². The number of rotatable bonds is 4. The number of nitrogen functional groups attached to an aromatic ring is 1. The lowest BCUT2D eigenvalue weighted by Crippen LogP contribution is -2.38. The first-order valence-electron chi connectivity index (χ1n) is 7.81. The highest BCUT2D eigenvalue weighted by Crippen LogP contribution is 2.22. The summed E-state index contributed by atoms with van der Waals surface area (Å²) in [5.41, 5.74) is 7.94. The number of nitrogens with zero attached hydrogens (tertiary/aromatic N) is 1. The Morgan fingerprint density at radius 2 is 2.00 bits per heavy atom. The van der Waals surface area contributed by atoms with Crippen LogP contribution in [-0.2, 0) is 16.0 Å². The van der Waals surface area contributed by atoms with E-state index in [9.17, 15) is 4.79 Å². The van der Waals surface area contributed by atoms with E-state index in [-0.39, 0.29) is 5.97 Å². The molecule has 0 atom stereocenters. The third kappa shape index (κ3) is 6.17. The molecule has 1 aliphatic rings. The molecule has 1 aromatic carbocycles. The Morgan fingerprint density at radius 3 is 2.57 bits per heavy atom. The first-order valence-corrected chi connectivity index (χ1v) is 7.81. The predicted molar refractivity (Wildman–Crippen MR) is 87.1 cm³/mol. The molecule has 0 spiro atoms. The van der Waals surface area contributed by atoms with Crippen molar-refractivity contribution in [3.8, 4) is 0 Å². The number of piperidine rings is 1. The number of carbonyl (C=O) groups excluding carboxylic acids is 1. The Morgan fingerprint density at radius 1 is 1.33 bits per heavy atom. The molecule has 1 saturated heterocycles. The van der Waals surface area contributed by atoms with Gasteiger partial charge in [-0.05, 0) is 56.0 Å². The second kappa shape index (κ2) is 9.40. The van der Waals surface area contributed by atoms with Gasteiger partial charge in [0.15, 0.2) is 0 Å². The van der Waals surface area contributed by atoms with Gasteiger partial charge in [-0.15, -0.1) is 0 Å². The van der Waals surface area contributed by atoms with Gasteiger partial charge in [-0.25, -0.2) is 0 Å². The van der Waals surface area contributed by atoms with Crippen molar-refractivity contribution in [2.75, 3.05) is 32.5 Å². The Labute approximate surface area is 128 Å². The standard InChI is InChI=1S/C15H22N2O2.C2H6/c1-19-15(18)11-17-7-5-12(6-8-17)9-13-3-2-4-14(16)10-13;1-2/h2-4,10,12H,5-9,11,16H2,1H3;1-2H3. The summed E-state index contributed by atoms with van der Waals surface area (Å²) in [5, 5.41) is 0. The first-order chi connectivity index (χ1) is 10.2. The molecule has 1 aromatic rings. The van der Waals surface area contributed by atoms with Gasteiger partial charge in [0.2, 0.25) is 0 Å². The summed E-state index contributed by atoms with van der Waals surface area (Å²) >= 11 is 0. The summed E-state index contributed by atoms with van der Waals surface area (Å²) in [4.78, 5) is 13.4. The molecule has 0 bridgehead atoms. The zero-order chi connectivity index (χ0) is 15.7. The molecule has 0 amide bonds. The molecule has 118 valence electrons. The van der Waals surface area contributed by atoms with Crippen LogP contribution in [0, 0.1) is 5.92 Å². The van der Waals surface area contributed by atoms with Crippen molar-refractivity contribution in [2.45, 2.75) is 33.1 Å². The lowest BCUT2D eigenvalue weighted by atomic mass is 9.90. The fourth-order valence-corrected chi connectivity index (χ4v) is 2.65. The number of hydrogen-bond donors (Lipinski definition) is 1. The zero-order valence-electron chi connectivity index (χ0n) is 13.5. The van der Waals surface area contributed by atoms with Gasteiger partial charge in [0.1, 0.15) is 0 Å². The SMILES string of the molecule is CC.COC(=O)CN1CCC(Cc2cccc(N)c2)CC1. The van der Waals surface area contributed by atoms with Crippen LogP contribution in [0.3, 0.4) is 0 Å². The number of likely N-dealkylation sites (tertiary alicyclic amines) is 1. The maximum atomic E-state index is 11.2. The van der Waals surface area contributed by atoms with Crippen molar-refractivity contribution < 1.29 is 9.53 Å². The lowest BCUT2D eigenvalue weighted by molar-refractivity contribution is -0.142. The van der Waals surface area contributed by atoms with Crippen LogP contribution in [0.25, 0.3) is 0 Å². The highest BCUT2D eigenvalue weighted by Gasteiger charge is 2.21. The van der Waals surface area contributed by atoms with Crippen molar-refractivity contribution in [3.63, 3.8) is 0 Å². The number of anilines is 1. The number of benzene rings is 1. The van der Waals surface area contributed by atoms with Crippen LogP contribution in [0.2, 0.25) is 0 Å². The normalized spacial score (nSPS) is 16.0. The van der Waals surface area contributed by atoms with Crippen LogP contribution in [-0.4, -0.2) is 37.6 Å². The van der Waals surface area contributed by atoms with Crippen molar-refractivity contribution in [3.05, 3.63) is 29.8 Å². The maximum absolute atomic E-state index is 11.2. The number of ether oxygens (including phenoxy) is 1. The molecule has 4 nitrogen and oxygen atoms in total. The minimum Gasteiger partial charge on any atom is -0.468 e. The summed E-state index contributed by atoms with van der Waals surface area (Å²) < 4.78 is 4.69. The molecule has 2 N–H and O–H groups in total. The quantitative estimate of drug-likeness (QED) is 0.685. The molecule has 1 aliphatic heterocycles. The third-order valence-electron chi connectivity index (χ3n) is 3.76. The molecule has 0 aliphatic carbocycles. The van der Waals surface area contributed by atoms with Crippen LogP contribution in [0.15, 0.2) is 24.3 Å². The fourth-order valence-electron chi connectivity index (χ4n) is 2.65. The van der Waals surface area contributed by atoms with Gasteiger partial charge in [0.05, 0.1) is 13.7 Å². The van der Waals surface area contributed by atoms with E-state index in [1.54, 1.807) is 0 Å². The van der Waals surface area contributed by atoms with Gasteiger partial charge >= 0.3 is 5.97 Å². The second-order valence-corrected chi connectivity index (χ2v) is 5.24. The van der Waals surface area contributed by atoms with E-state index < -0.39 is 0 Å². The Hall–Kier alpha value is -1.55. The molecule has 0 saturated carbocycles. The predicted octanol–water partition coefficient (Wildman–Crippen LogP) is 2.72. The molecule has 0 radical (unpaired) electrons. The van der Waals surface area contributed by atoms with Crippen molar-refractivity contribution >= 4 is 11.7 Å². The first kappa shape index (κ1) is 17.5. The Bertz CT molecular complexity index is 427. The van der Waals surface area contributed by atoms with Gasteiger partial charge in [0.25, 0.3) is 0 Å². The number of nitrogens with two attached hydrogens (primary N) is 1. The van der Waals surface area contributed by atoms with E-state index >= 15 is 0 Å². The largest absolute Gasteiger partial charge is 0.468 e. The minimum absolute atomic E-state index is 0.144. The summed E-state index contributed by atoms with van der Waals surface area (Å²) in [6.45, 7) is 6.37. The molecule has 2 rings (SSSR count). The molecule has 1 heterocycles. The fraction of sp³-hybridized carbons (Fsp3) is 0.588. The van der Waals surface area contributed by atoms with Crippen LogP contribution in [0.5, 0.6) is 0 Å². The van der Waals surface area contributed by atoms with E-state index in [1.807, 2.05) is 26.0 Å². The molecule has 4 heteroatoms. The summed E-state index contributed by atoms with van der Waals surface area (Å²) in [6, 6.07) is 8.12. The monoisotopic (exact) mass is 292 g/mol.